The van der Waals surface area contributed by atoms with Gasteiger partial charge in [-0.1, -0.05) is 40.9 Å². The van der Waals surface area contributed by atoms with Crippen LogP contribution in [0.15, 0.2) is 24.3 Å². The van der Waals surface area contributed by atoms with Gasteiger partial charge in [-0.25, -0.2) is 4.39 Å². The highest BCUT2D eigenvalue weighted by Gasteiger charge is 2.25. The number of halogens is 2. The summed E-state index contributed by atoms with van der Waals surface area (Å²) in [5.41, 5.74) is 1.15. The van der Waals surface area contributed by atoms with E-state index in [9.17, 15) is 4.39 Å². The molecule has 0 bridgehead atoms. The highest BCUT2D eigenvalue weighted by Crippen LogP contribution is 2.38. The topological polar surface area (TPSA) is 0 Å². The lowest BCUT2D eigenvalue weighted by molar-refractivity contribution is 0.466. The zero-order chi connectivity index (χ0) is 10.7. The van der Waals surface area contributed by atoms with E-state index in [0.29, 0.717) is 5.92 Å². The Morgan fingerprint density at radius 2 is 2.07 bits per heavy atom. The molecule has 1 unspecified atom stereocenters. The minimum Gasteiger partial charge on any atom is -0.207 e. The Kier molecular flexibility index (Phi) is 3.79. The molecule has 2 heteroatoms. The summed E-state index contributed by atoms with van der Waals surface area (Å²) in [6, 6.07) is 7.07. The Hall–Kier alpha value is -0.370. The van der Waals surface area contributed by atoms with Crippen molar-refractivity contribution in [2.75, 3.05) is 5.33 Å². The molecular formula is C13H16BrF. The number of hydrogen-bond donors (Lipinski definition) is 0. The van der Waals surface area contributed by atoms with Crippen molar-refractivity contribution in [3.63, 3.8) is 0 Å². The van der Waals surface area contributed by atoms with Crippen LogP contribution in [0, 0.1) is 11.7 Å². The van der Waals surface area contributed by atoms with Crippen LogP contribution in [0.2, 0.25) is 0 Å². The second kappa shape index (κ2) is 5.11. The molecule has 82 valence electrons. The summed E-state index contributed by atoms with van der Waals surface area (Å²) in [5.74, 6) is 1.12. The number of benzene rings is 1. The smallest absolute Gasteiger partial charge is 0.123 e. The second-order valence-electron chi connectivity index (χ2n) is 4.36. The normalized spacial score (nSPS) is 19.3. The summed E-state index contributed by atoms with van der Waals surface area (Å²) in [6.45, 7) is 0. The van der Waals surface area contributed by atoms with E-state index in [-0.39, 0.29) is 5.82 Å². The minimum atomic E-state index is -0.114. The fourth-order valence-electron chi connectivity index (χ4n) is 2.58. The fraction of sp³-hybridized carbons (Fsp3) is 0.538. The van der Waals surface area contributed by atoms with E-state index in [0.717, 1.165) is 16.8 Å². The van der Waals surface area contributed by atoms with Crippen molar-refractivity contribution in [1.82, 2.24) is 0 Å². The first-order chi connectivity index (χ1) is 7.31. The third kappa shape index (κ3) is 2.60. The Bertz CT molecular complexity index is 318. The monoisotopic (exact) mass is 270 g/mol. The molecule has 0 heterocycles. The van der Waals surface area contributed by atoms with E-state index in [2.05, 4.69) is 15.9 Å². The van der Waals surface area contributed by atoms with Gasteiger partial charge in [0.2, 0.25) is 0 Å². The van der Waals surface area contributed by atoms with E-state index in [1.54, 1.807) is 6.07 Å². The van der Waals surface area contributed by atoms with Crippen LogP contribution in [-0.4, -0.2) is 5.33 Å². The summed E-state index contributed by atoms with van der Waals surface area (Å²) in [7, 11) is 0. The standard InChI is InChI=1S/C13H16BrF/c14-9-13(10-4-1-2-5-10)11-6-3-7-12(15)8-11/h3,6-8,10,13H,1-2,4-5,9H2. The van der Waals surface area contributed by atoms with E-state index in [1.165, 1.54) is 31.7 Å². The van der Waals surface area contributed by atoms with E-state index in [1.807, 2.05) is 12.1 Å². The van der Waals surface area contributed by atoms with Crippen LogP contribution < -0.4 is 0 Å². The molecule has 2 rings (SSSR count). The highest BCUT2D eigenvalue weighted by atomic mass is 79.9. The van der Waals surface area contributed by atoms with Gasteiger partial charge in [-0.2, -0.15) is 0 Å². The van der Waals surface area contributed by atoms with E-state index >= 15 is 0 Å². The van der Waals surface area contributed by atoms with E-state index < -0.39 is 0 Å². The summed E-state index contributed by atoms with van der Waals surface area (Å²) >= 11 is 3.56. The van der Waals surface area contributed by atoms with Crippen LogP contribution >= 0.6 is 15.9 Å². The summed E-state index contributed by atoms with van der Waals surface area (Å²) in [4.78, 5) is 0. The molecule has 1 aliphatic rings. The molecule has 1 aromatic rings. The molecular weight excluding hydrogens is 255 g/mol. The average Bonchev–Trinajstić information content (AvgIpc) is 2.72. The third-order valence-electron chi connectivity index (χ3n) is 3.41. The number of hydrogen-bond acceptors (Lipinski definition) is 0. The van der Waals surface area contributed by atoms with Crippen LogP contribution in [0.25, 0.3) is 0 Å². The molecule has 15 heavy (non-hydrogen) atoms. The minimum absolute atomic E-state index is 0.114. The maximum atomic E-state index is 13.1. The second-order valence-corrected chi connectivity index (χ2v) is 5.01. The van der Waals surface area contributed by atoms with Crippen molar-refractivity contribution < 1.29 is 4.39 Å². The maximum absolute atomic E-state index is 13.1. The molecule has 1 aliphatic carbocycles. The molecule has 0 nitrogen and oxygen atoms in total. The molecule has 1 fully saturated rings. The largest absolute Gasteiger partial charge is 0.207 e. The lowest BCUT2D eigenvalue weighted by atomic mass is 9.86. The van der Waals surface area contributed by atoms with Crippen molar-refractivity contribution in [1.29, 1.82) is 0 Å². The van der Waals surface area contributed by atoms with Gasteiger partial charge in [0, 0.05) is 5.33 Å². The predicted octanol–water partition coefficient (Wildman–Crippen LogP) is 4.49. The van der Waals surface area contributed by atoms with Crippen molar-refractivity contribution in [3.8, 4) is 0 Å². The summed E-state index contributed by atoms with van der Waals surface area (Å²) in [5, 5.41) is 0.946. The van der Waals surface area contributed by atoms with Gasteiger partial charge < -0.3 is 0 Å². The molecule has 1 saturated carbocycles. The molecule has 0 radical (unpaired) electrons. The zero-order valence-corrected chi connectivity index (χ0v) is 10.3. The van der Waals surface area contributed by atoms with Crippen molar-refractivity contribution in [2.24, 2.45) is 5.92 Å². The number of alkyl halides is 1. The van der Waals surface area contributed by atoms with Crippen molar-refractivity contribution in [2.45, 2.75) is 31.6 Å². The lowest BCUT2D eigenvalue weighted by Gasteiger charge is -2.21. The molecule has 0 aromatic heterocycles. The van der Waals surface area contributed by atoms with Crippen LogP contribution in [0.3, 0.4) is 0 Å². The Morgan fingerprint density at radius 1 is 1.33 bits per heavy atom. The molecule has 1 aromatic carbocycles. The van der Waals surface area contributed by atoms with Crippen LogP contribution in [0.1, 0.15) is 37.2 Å². The van der Waals surface area contributed by atoms with Gasteiger partial charge in [-0.3, -0.25) is 0 Å². The van der Waals surface area contributed by atoms with Gasteiger partial charge >= 0.3 is 0 Å². The SMILES string of the molecule is Fc1cccc(C(CBr)C2CCCC2)c1. The summed E-state index contributed by atoms with van der Waals surface area (Å²) in [6.07, 6.45) is 5.27. The molecule has 0 N–H and O–H groups in total. The average molecular weight is 271 g/mol. The predicted molar refractivity (Wildman–Crippen MR) is 64.9 cm³/mol. The van der Waals surface area contributed by atoms with Crippen molar-refractivity contribution in [3.05, 3.63) is 35.6 Å². The first kappa shape index (κ1) is 11.1. The fourth-order valence-corrected chi connectivity index (χ4v) is 3.49. The van der Waals surface area contributed by atoms with Gasteiger partial charge in [0.15, 0.2) is 0 Å². The molecule has 1 atom stereocenters. The molecule has 0 aliphatic heterocycles. The van der Waals surface area contributed by atoms with Crippen LogP contribution in [0.4, 0.5) is 4.39 Å². The van der Waals surface area contributed by atoms with Crippen molar-refractivity contribution >= 4 is 15.9 Å². The Morgan fingerprint density at radius 3 is 2.67 bits per heavy atom. The number of rotatable bonds is 3. The van der Waals surface area contributed by atoms with Gasteiger partial charge in [0.1, 0.15) is 5.82 Å². The van der Waals surface area contributed by atoms with Crippen LogP contribution in [0.5, 0.6) is 0 Å². The Balaban J connectivity index is 2.18. The maximum Gasteiger partial charge on any atom is 0.123 e. The first-order valence-corrected chi connectivity index (χ1v) is 6.75. The van der Waals surface area contributed by atoms with Gasteiger partial charge in [-0.15, -0.1) is 0 Å². The van der Waals surface area contributed by atoms with Gasteiger partial charge in [0.25, 0.3) is 0 Å². The van der Waals surface area contributed by atoms with Crippen LogP contribution in [-0.2, 0) is 0 Å². The Labute approximate surface area is 99.0 Å². The van der Waals surface area contributed by atoms with Gasteiger partial charge in [0.05, 0.1) is 0 Å². The zero-order valence-electron chi connectivity index (χ0n) is 8.76. The molecule has 0 saturated heterocycles. The van der Waals surface area contributed by atoms with Gasteiger partial charge in [-0.05, 0) is 42.4 Å². The molecule has 0 amide bonds. The lowest BCUT2D eigenvalue weighted by Crippen LogP contribution is -2.11. The van der Waals surface area contributed by atoms with E-state index in [4.69, 9.17) is 0 Å². The highest BCUT2D eigenvalue weighted by molar-refractivity contribution is 9.09. The first-order valence-electron chi connectivity index (χ1n) is 5.62. The quantitative estimate of drug-likeness (QED) is 0.710. The summed E-state index contributed by atoms with van der Waals surface area (Å²) < 4.78 is 13.1. The molecule has 0 spiro atoms. The third-order valence-corrected chi connectivity index (χ3v) is 4.11.